The predicted octanol–water partition coefficient (Wildman–Crippen LogP) is 11.7. The smallest absolute Gasteiger partial charge is 0.168 e. The summed E-state index contributed by atoms with van der Waals surface area (Å²) < 4.78 is 6.67. The molecule has 0 saturated carbocycles. The number of fused-ring (bicyclic) bond motifs is 6. The predicted molar refractivity (Wildman–Crippen MR) is 245 cm³/mol. The molecule has 0 fully saturated rings. The molecule has 0 radical (unpaired) electrons. The minimum Gasteiger partial charge on any atom is -0.294 e. The van der Waals surface area contributed by atoms with Crippen LogP contribution in [0.5, 0.6) is 0 Å². The van der Waals surface area contributed by atoms with Crippen molar-refractivity contribution in [3.8, 4) is 51.4 Å². The van der Waals surface area contributed by atoms with Gasteiger partial charge in [0.05, 0.1) is 33.5 Å². The summed E-state index contributed by atoms with van der Waals surface area (Å²) in [4.78, 5) is 19.1. The number of rotatable bonds is 7. The van der Waals surface area contributed by atoms with E-state index >= 15 is 0 Å². The molecule has 6 aromatic heterocycles. The molecule has 0 amide bonds. The second-order valence-corrected chi connectivity index (χ2v) is 15.3. The van der Waals surface area contributed by atoms with Gasteiger partial charge in [-0.3, -0.25) is 23.7 Å². The standard InChI is InChI=1S/C52H35N9/c1-2-14-38(15-3-1)59-51(34-25-27-47-42(30-34)40-17-5-7-21-46(40)60(47)49-22-8-18-43(55-49)36-12-10-28-53-32-36)57-58-52(59)35-24-26-41-39-16-4-6-20-45(39)61(48(41)31-35)50-23-9-19-44(56-50)37-13-11-29-54-33-37/h1-12,14-33,37H,13H2. The molecule has 9 nitrogen and oxygen atoms in total. The van der Waals surface area contributed by atoms with Crippen molar-refractivity contribution in [3.05, 3.63) is 194 Å². The average molecular weight is 786 g/mol. The van der Waals surface area contributed by atoms with Gasteiger partial charge < -0.3 is 0 Å². The Bertz CT molecular complexity index is 3520. The number of para-hydroxylation sites is 3. The first kappa shape index (κ1) is 34.7. The van der Waals surface area contributed by atoms with E-state index in [1.807, 2.05) is 42.9 Å². The van der Waals surface area contributed by atoms with Crippen molar-refractivity contribution < 1.29 is 0 Å². The third-order valence-electron chi connectivity index (χ3n) is 11.7. The number of allylic oxidation sites excluding steroid dienone is 1. The van der Waals surface area contributed by atoms with Crippen LogP contribution in [0.1, 0.15) is 18.0 Å². The minimum atomic E-state index is 0.132. The van der Waals surface area contributed by atoms with Crippen LogP contribution in [0.25, 0.3) is 95.0 Å². The topological polar surface area (TPSA) is 91.6 Å². The molecule has 1 aliphatic heterocycles. The van der Waals surface area contributed by atoms with Gasteiger partial charge in [-0.2, -0.15) is 0 Å². The molecule has 5 aromatic carbocycles. The van der Waals surface area contributed by atoms with Crippen molar-refractivity contribution in [3.63, 3.8) is 0 Å². The number of hydrogen-bond donors (Lipinski definition) is 0. The molecule has 1 aliphatic rings. The first-order valence-corrected chi connectivity index (χ1v) is 20.4. The van der Waals surface area contributed by atoms with E-state index < -0.39 is 0 Å². The van der Waals surface area contributed by atoms with Gasteiger partial charge >= 0.3 is 0 Å². The number of aliphatic imine (C=N–C) groups is 1. The molecule has 11 aromatic rings. The molecule has 288 valence electrons. The van der Waals surface area contributed by atoms with Gasteiger partial charge in [-0.15, -0.1) is 10.2 Å². The van der Waals surface area contributed by atoms with E-state index in [1.54, 1.807) is 6.20 Å². The Morgan fingerprint density at radius 3 is 1.92 bits per heavy atom. The van der Waals surface area contributed by atoms with Crippen LogP contribution in [0.15, 0.2) is 193 Å². The molecule has 0 saturated heterocycles. The van der Waals surface area contributed by atoms with Crippen molar-refractivity contribution in [2.24, 2.45) is 4.99 Å². The fraction of sp³-hybridized carbons (Fsp3) is 0.0385. The summed E-state index contributed by atoms with van der Waals surface area (Å²) in [7, 11) is 0. The number of pyridine rings is 3. The molecular weight excluding hydrogens is 751 g/mol. The van der Waals surface area contributed by atoms with Crippen LogP contribution in [-0.4, -0.2) is 45.1 Å². The van der Waals surface area contributed by atoms with Gasteiger partial charge in [0, 0.05) is 74.6 Å². The van der Waals surface area contributed by atoms with E-state index in [9.17, 15) is 0 Å². The van der Waals surface area contributed by atoms with Crippen LogP contribution < -0.4 is 0 Å². The molecule has 0 spiro atoms. The molecule has 0 aliphatic carbocycles. The van der Waals surface area contributed by atoms with Crippen LogP contribution >= 0.6 is 0 Å². The average Bonchev–Trinajstić information content (AvgIpc) is 4.03. The first-order chi connectivity index (χ1) is 30.3. The van der Waals surface area contributed by atoms with Gasteiger partial charge in [0.2, 0.25) is 0 Å². The molecular formula is C52H35N9. The maximum absolute atomic E-state index is 5.23. The minimum absolute atomic E-state index is 0.132. The maximum atomic E-state index is 5.23. The molecule has 0 bridgehead atoms. The highest BCUT2D eigenvalue weighted by Gasteiger charge is 2.22. The third kappa shape index (κ3) is 5.78. The van der Waals surface area contributed by atoms with Crippen LogP contribution in [0.3, 0.4) is 0 Å². The lowest BCUT2D eigenvalue weighted by Gasteiger charge is -2.14. The zero-order chi connectivity index (χ0) is 40.3. The second kappa shape index (κ2) is 14.2. The second-order valence-electron chi connectivity index (χ2n) is 15.3. The monoisotopic (exact) mass is 785 g/mol. The van der Waals surface area contributed by atoms with Gasteiger partial charge in [-0.1, -0.05) is 84.9 Å². The number of aromatic nitrogens is 8. The largest absolute Gasteiger partial charge is 0.294 e. The number of nitrogens with zero attached hydrogens (tertiary/aromatic N) is 9. The van der Waals surface area contributed by atoms with E-state index in [1.165, 1.54) is 0 Å². The molecule has 1 unspecified atom stereocenters. The van der Waals surface area contributed by atoms with Crippen molar-refractivity contribution in [2.45, 2.75) is 12.3 Å². The Hall–Kier alpha value is -8.30. The molecule has 61 heavy (non-hydrogen) atoms. The fourth-order valence-electron chi connectivity index (χ4n) is 8.87. The SMILES string of the molecule is C1=CN=CC(c2cccc(-n3c4ccccc4c4ccc(-c5nnc(-c6ccc7c(c6)c6ccccc6n7-c6cccc(-c7cccnc7)n6)n5-c5ccccc5)cc43)n2)C1. The van der Waals surface area contributed by atoms with Gasteiger partial charge in [0.15, 0.2) is 11.6 Å². The van der Waals surface area contributed by atoms with Gasteiger partial charge in [0.1, 0.15) is 11.6 Å². The number of hydrogen-bond acceptors (Lipinski definition) is 6. The lowest BCUT2D eigenvalue weighted by Crippen LogP contribution is -2.07. The van der Waals surface area contributed by atoms with Crippen LogP contribution in [0.4, 0.5) is 0 Å². The zero-order valence-corrected chi connectivity index (χ0v) is 32.8. The van der Waals surface area contributed by atoms with Crippen LogP contribution in [0, 0.1) is 0 Å². The van der Waals surface area contributed by atoms with E-state index in [2.05, 4.69) is 169 Å². The first-order valence-electron chi connectivity index (χ1n) is 20.4. The van der Waals surface area contributed by atoms with Crippen molar-refractivity contribution in [2.75, 3.05) is 0 Å². The summed E-state index contributed by atoms with van der Waals surface area (Å²) in [6, 6.07) is 56.9. The van der Waals surface area contributed by atoms with E-state index in [0.29, 0.717) is 0 Å². The zero-order valence-electron chi connectivity index (χ0n) is 32.8. The molecule has 0 N–H and O–H groups in total. The Morgan fingerprint density at radius 2 is 1.15 bits per heavy atom. The van der Waals surface area contributed by atoms with Crippen LogP contribution in [0.2, 0.25) is 0 Å². The Morgan fingerprint density at radius 1 is 0.475 bits per heavy atom. The molecule has 7 heterocycles. The normalized spacial score (nSPS) is 13.9. The Kier molecular flexibility index (Phi) is 8.09. The summed E-state index contributed by atoms with van der Waals surface area (Å²) in [5, 5.41) is 14.4. The third-order valence-corrected chi connectivity index (χ3v) is 11.7. The lowest BCUT2D eigenvalue weighted by molar-refractivity contribution is 0.855. The fourth-order valence-corrected chi connectivity index (χ4v) is 8.87. The van der Waals surface area contributed by atoms with Crippen molar-refractivity contribution >= 4 is 49.8 Å². The highest BCUT2D eigenvalue weighted by atomic mass is 15.3. The Labute approximate surface area is 350 Å². The van der Waals surface area contributed by atoms with Gasteiger partial charge in [0.25, 0.3) is 0 Å². The highest BCUT2D eigenvalue weighted by Crippen LogP contribution is 2.38. The van der Waals surface area contributed by atoms with Crippen LogP contribution in [-0.2, 0) is 0 Å². The molecule has 9 heteroatoms. The van der Waals surface area contributed by atoms with E-state index in [-0.39, 0.29) is 5.92 Å². The molecule has 1 atom stereocenters. The van der Waals surface area contributed by atoms with Gasteiger partial charge in [-0.25, -0.2) is 9.97 Å². The quantitative estimate of drug-likeness (QED) is 0.160. The summed E-state index contributed by atoms with van der Waals surface area (Å²) in [5.41, 5.74) is 9.95. The molecule has 12 rings (SSSR count). The lowest BCUT2D eigenvalue weighted by atomic mass is 10.0. The summed E-state index contributed by atoms with van der Waals surface area (Å²) in [5.74, 6) is 3.32. The highest BCUT2D eigenvalue weighted by molar-refractivity contribution is 6.11. The summed E-state index contributed by atoms with van der Waals surface area (Å²) in [6.07, 6.45) is 10.4. The summed E-state index contributed by atoms with van der Waals surface area (Å²) >= 11 is 0. The Balaban J connectivity index is 1.02. The van der Waals surface area contributed by atoms with E-state index in [4.69, 9.17) is 20.2 Å². The number of benzene rings is 5. The van der Waals surface area contributed by atoms with Crippen molar-refractivity contribution in [1.82, 2.24) is 38.9 Å². The van der Waals surface area contributed by atoms with Crippen molar-refractivity contribution in [1.29, 1.82) is 0 Å². The maximum Gasteiger partial charge on any atom is 0.168 e. The summed E-state index contributed by atoms with van der Waals surface area (Å²) in [6.45, 7) is 0. The van der Waals surface area contributed by atoms with Gasteiger partial charge in [-0.05, 0) is 91.3 Å². The van der Waals surface area contributed by atoms with E-state index in [0.717, 1.165) is 107 Å².